The van der Waals surface area contributed by atoms with E-state index < -0.39 is 17.5 Å². The highest BCUT2D eigenvalue weighted by Crippen LogP contribution is 2.45. The van der Waals surface area contributed by atoms with Gasteiger partial charge in [0.05, 0.1) is 23.1 Å². The van der Waals surface area contributed by atoms with E-state index in [2.05, 4.69) is 10.2 Å². The second kappa shape index (κ2) is 8.32. The maximum atomic E-state index is 14.0. The van der Waals surface area contributed by atoms with Gasteiger partial charge in [-0.2, -0.15) is 5.10 Å². The van der Waals surface area contributed by atoms with Crippen LogP contribution in [-0.2, 0) is 13.5 Å². The van der Waals surface area contributed by atoms with E-state index in [1.165, 1.54) is 0 Å². The predicted molar refractivity (Wildman–Crippen MR) is 125 cm³/mol. The van der Waals surface area contributed by atoms with Gasteiger partial charge in [-0.25, -0.2) is 13.2 Å². The van der Waals surface area contributed by atoms with Crippen molar-refractivity contribution in [1.29, 1.82) is 0 Å². The zero-order chi connectivity index (χ0) is 25.1. The Morgan fingerprint density at radius 3 is 2.50 bits per heavy atom. The van der Waals surface area contributed by atoms with Crippen LogP contribution in [0.2, 0.25) is 0 Å². The van der Waals surface area contributed by atoms with Gasteiger partial charge in [-0.1, -0.05) is 6.07 Å². The van der Waals surface area contributed by atoms with Gasteiger partial charge in [-0.05, 0) is 62.4 Å². The Bertz CT molecular complexity index is 1470. The lowest BCUT2D eigenvalue weighted by Crippen LogP contribution is -2.50. The summed E-state index contributed by atoms with van der Waals surface area (Å²) < 4.78 is 45.1. The summed E-state index contributed by atoms with van der Waals surface area (Å²) in [6.45, 7) is 1.91. The molecule has 10 heteroatoms. The fraction of sp³-hybridized carbons (Fsp3) is 0.308. The lowest BCUT2D eigenvalue weighted by molar-refractivity contribution is 0.0391. The van der Waals surface area contributed by atoms with Crippen molar-refractivity contribution >= 4 is 5.91 Å². The molecule has 0 saturated carbocycles. The topological polar surface area (TPSA) is 68.8 Å². The highest BCUT2D eigenvalue weighted by Gasteiger charge is 2.44. The Morgan fingerprint density at radius 2 is 1.78 bits per heavy atom. The van der Waals surface area contributed by atoms with Gasteiger partial charge in [-0.15, -0.1) is 10.2 Å². The van der Waals surface area contributed by atoms with E-state index in [0.717, 1.165) is 53.9 Å². The second-order valence-corrected chi connectivity index (χ2v) is 9.43. The van der Waals surface area contributed by atoms with Gasteiger partial charge in [0, 0.05) is 29.8 Å². The van der Waals surface area contributed by atoms with Gasteiger partial charge >= 0.3 is 0 Å². The van der Waals surface area contributed by atoms with E-state index in [0.29, 0.717) is 17.7 Å². The number of halogens is 3. The summed E-state index contributed by atoms with van der Waals surface area (Å²) in [5, 5.41) is 12.4. The molecule has 36 heavy (non-hydrogen) atoms. The summed E-state index contributed by atoms with van der Waals surface area (Å²) in [4.78, 5) is 15.9. The van der Waals surface area contributed by atoms with Crippen molar-refractivity contribution in [3.05, 3.63) is 82.8 Å². The Morgan fingerprint density at radius 1 is 1.06 bits per heavy atom. The van der Waals surface area contributed by atoms with Gasteiger partial charge in [0.25, 0.3) is 5.91 Å². The molecule has 2 aromatic heterocycles. The molecule has 184 valence electrons. The van der Waals surface area contributed by atoms with Crippen molar-refractivity contribution in [2.45, 2.75) is 44.7 Å². The molecule has 0 spiro atoms. The number of benzene rings is 2. The molecule has 1 fully saturated rings. The lowest BCUT2D eigenvalue weighted by atomic mass is 9.81. The van der Waals surface area contributed by atoms with Gasteiger partial charge in [0.2, 0.25) is 0 Å². The number of aryl methyl sites for hydroxylation is 1. The van der Waals surface area contributed by atoms with E-state index in [-0.39, 0.29) is 23.6 Å². The molecule has 0 aliphatic carbocycles. The molecule has 1 saturated heterocycles. The van der Waals surface area contributed by atoms with Crippen LogP contribution in [-0.4, -0.2) is 41.4 Å². The van der Waals surface area contributed by atoms with Crippen molar-refractivity contribution in [3.8, 4) is 16.9 Å². The molecule has 0 N–H and O–H groups in total. The highest BCUT2D eigenvalue weighted by molar-refractivity contribution is 5.97. The first-order valence-corrected chi connectivity index (χ1v) is 11.8. The Labute approximate surface area is 205 Å². The maximum Gasteiger partial charge on any atom is 0.255 e. The third-order valence-electron chi connectivity index (χ3n) is 7.40. The smallest absolute Gasteiger partial charge is 0.255 e. The van der Waals surface area contributed by atoms with Crippen LogP contribution in [0, 0.1) is 24.4 Å². The van der Waals surface area contributed by atoms with Crippen LogP contribution >= 0.6 is 0 Å². The molecule has 4 aromatic rings. The number of fused-ring (bicyclic) bond motifs is 4. The molecule has 2 aliphatic heterocycles. The largest absolute Gasteiger partial charge is 0.327 e. The number of carbonyl (C=O) groups excluding carboxylic acids is 1. The van der Waals surface area contributed by atoms with Gasteiger partial charge in [0.15, 0.2) is 17.5 Å². The Balaban J connectivity index is 1.42. The number of rotatable bonds is 3. The minimum atomic E-state index is -1.49. The molecule has 2 aliphatic rings. The fourth-order valence-electron chi connectivity index (χ4n) is 5.80. The Kier molecular flexibility index (Phi) is 5.20. The summed E-state index contributed by atoms with van der Waals surface area (Å²) in [7, 11) is 1.70. The van der Waals surface area contributed by atoms with Crippen molar-refractivity contribution in [1.82, 2.24) is 29.4 Å². The van der Waals surface area contributed by atoms with E-state index in [4.69, 9.17) is 5.10 Å². The van der Waals surface area contributed by atoms with Crippen molar-refractivity contribution in [3.63, 3.8) is 0 Å². The number of aromatic nitrogens is 5. The van der Waals surface area contributed by atoms with Gasteiger partial charge in [0.1, 0.15) is 12.7 Å². The first-order valence-electron chi connectivity index (χ1n) is 11.8. The van der Waals surface area contributed by atoms with Gasteiger partial charge < -0.3 is 4.90 Å². The number of piperidine rings is 1. The number of nitrogens with zero attached hydrogens (tertiary/aromatic N) is 6. The molecule has 1 amide bonds. The number of amides is 1. The third kappa shape index (κ3) is 3.35. The van der Waals surface area contributed by atoms with E-state index in [1.807, 2.05) is 30.0 Å². The normalized spacial score (nSPS) is 18.9. The summed E-state index contributed by atoms with van der Waals surface area (Å²) in [5.74, 6) is -4.05. The van der Waals surface area contributed by atoms with E-state index in [1.54, 1.807) is 29.0 Å². The van der Waals surface area contributed by atoms with Crippen LogP contribution in [0.15, 0.2) is 43.0 Å². The van der Waals surface area contributed by atoms with Crippen LogP contribution < -0.4 is 0 Å². The van der Waals surface area contributed by atoms with Crippen LogP contribution in [0.1, 0.15) is 52.5 Å². The van der Waals surface area contributed by atoms with Crippen LogP contribution in [0.4, 0.5) is 13.2 Å². The van der Waals surface area contributed by atoms with Crippen molar-refractivity contribution in [2.24, 2.45) is 7.05 Å². The van der Waals surface area contributed by atoms with Crippen LogP contribution in [0.25, 0.3) is 16.9 Å². The number of carbonyl (C=O) groups is 1. The summed E-state index contributed by atoms with van der Waals surface area (Å²) in [6.07, 6.45) is 6.19. The molecule has 2 bridgehead atoms. The van der Waals surface area contributed by atoms with E-state index in [9.17, 15) is 18.0 Å². The minimum Gasteiger partial charge on any atom is -0.327 e. The third-order valence-corrected chi connectivity index (χ3v) is 7.40. The SMILES string of the molecule is Cc1c(C(=O)N2[C@H]3CCC[C@@H]2c2nn(C)c(-c4cc(F)c(F)c(F)c4)c2C3)cccc1-n1cnnc1. The summed E-state index contributed by atoms with van der Waals surface area (Å²) in [5.41, 5.74) is 4.63. The predicted octanol–water partition coefficient (Wildman–Crippen LogP) is 4.69. The Hall–Kier alpha value is -3.95. The van der Waals surface area contributed by atoms with Crippen LogP contribution in [0.5, 0.6) is 0 Å². The zero-order valence-electron chi connectivity index (χ0n) is 19.8. The quantitative estimate of drug-likeness (QED) is 0.390. The molecule has 6 rings (SSSR count). The molecule has 2 atom stereocenters. The van der Waals surface area contributed by atoms with Crippen molar-refractivity contribution < 1.29 is 18.0 Å². The molecule has 2 aromatic carbocycles. The number of hydrogen-bond acceptors (Lipinski definition) is 4. The first-order chi connectivity index (χ1) is 17.3. The standard InChI is InChI=1S/C26H23F3N6O/c1-14-17(6-4-7-21(14)34-12-30-31-13-34)26(36)35-16-5-3-8-22(35)24-18(11-16)25(33(2)32-24)15-9-19(27)23(29)20(28)10-15/h4,6-7,9-10,12-13,16,22H,3,5,8,11H2,1-2H3/t16-,22+/m0/s1. The highest BCUT2D eigenvalue weighted by atomic mass is 19.2. The van der Waals surface area contributed by atoms with Crippen molar-refractivity contribution in [2.75, 3.05) is 0 Å². The lowest BCUT2D eigenvalue weighted by Gasteiger charge is -2.45. The molecular formula is C26H23F3N6O. The van der Waals surface area contributed by atoms with Gasteiger partial charge in [-0.3, -0.25) is 14.0 Å². The average molecular weight is 493 g/mol. The monoisotopic (exact) mass is 492 g/mol. The maximum absolute atomic E-state index is 14.0. The van der Waals surface area contributed by atoms with Crippen LogP contribution in [0.3, 0.4) is 0 Å². The minimum absolute atomic E-state index is 0.0751. The fourth-order valence-corrected chi connectivity index (χ4v) is 5.80. The van der Waals surface area contributed by atoms with E-state index >= 15 is 0 Å². The molecule has 0 unspecified atom stereocenters. The first kappa shape index (κ1) is 22.5. The second-order valence-electron chi connectivity index (χ2n) is 9.43. The zero-order valence-corrected chi connectivity index (χ0v) is 19.8. The molecule has 4 heterocycles. The number of hydrogen-bond donors (Lipinski definition) is 0. The summed E-state index contributed by atoms with van der Waals surface area (Å²) >= 11 is 0. The summed E-state index contributed by atoms with van der Waals surface area (Å²) in [6, 6.07) is 7.25. The molecular weight excluding hydrogens is 469 g/mol. The average Bonchev–Trinajstić information content (AvgIpc) is 3.50. The molecule has 7 nitrogen and oxygen atoms in total. The molecule has 0 radical (unpaired) electrons.